The summed E-state index contributed by atoms with van der Waals surface area (Å²) in [5.41, 5.74) is 8.65. The normalized spacial score (nSPS) is 23.2. The number of primary amides is 1. The summed E-state index contributed by atoms with van der Waals surface area (Å²) in [6.45, 7) is 7.65. The van der Waals surface area contributed by atoms with Crippen molar-refractivity contribution in [3.05, 3.63) is 34.9 Å². The van der Waals surface area contributed by atoms with Crippen molar-refractivity contribution in [2.45, 2.75) is 64.8 Å². The van der Waals surface area contributed by atoms with Gasteiger partial charge in [0.25, 0.3) is 5.91 Å². The van der Waals surface area contributed by atoms with Gasteiger partial charge in [-0.25, -0.2) is 0 Å². The summed E-state index contributed by atoms with van der Waals surface area (Å²) in [5.74, 6) is 0.803. The quantitative estimate of drug-likeness (QED) is 0.829. The van der Waals surface area contributed by atoms with E-state index in [1.54, 1.807) is 0 Å². The maximum absolute atomic E-state index is 12.9. The maximum Gasteiger partial charge on any atom is 0.253 e. The molecule has 2 heterocycles. The Morgan fingerprint density at radius 3 is 2.07 bits per heavy atom. The van der Waals surface area contributed by atoms with Gasteiger partial charge in [0.05, 0.1) is 5.41 Å². The zero-order valence-electron chi connectivity index (χ0n) is 18.0. The number of carbonyl (C=O) groups is 2. The second-order valence-corrected chi connectivity index (χ2v) is 9.73. The lowest BCUT2D eigenvalue weighted by Gasteiger charge is -2.45. The number of hydrogen-bond donors (Lipinski definition) is 1. The van der Waals surface area contributed by atoms with E-state index < -0.39 is 0 Å². The fourth-order valence-electron chi connectivity index (χ4n) is 5.46. The molecule has 2 amide bonds. The molecule has 1 aromatic rings. The third-order valence-electron chi connectivity index (χ3n) is 7.39. The van der Waals surface area contributed by atoms with Gasteiger partial charge in [-0.3, -0.25) is 9.59 Å². The van der Waals surface area contributed by atoms with E-state index in [9.17, 15) is 9.59 Å². The monoisotopic (exact) mass is 397 g/mol. The molecule has 158 valence electrons. The van der Waals surface area contributed by atoms with Gasteiger partial charge in [-0.15, -0.1) is 0 Å². The Bertz CT molecular complexity index is 750. The number of carbonyl (C=O) groups excluding carboxylic acids is 2. The van der Waals surface area contributed by atoms with E-state index in [0.29, 0.717) is 6.04 Å². The maximum atomic E-state index is 12.9. The van der Waals surface area contributed by atoms with E-state index in [1.807, 2.05) is 30.9 Å². The molecule has 29 heavy (non-hydrogen) atoms. The molecular formula is C24H35N3O2. The third kappa shape index (κ3) is 4.50. The summed E-state index contributed by atoms with van der Waals surface area (Å²) in [6.07, 6.45) is 7.38. The van der Waals surface area contributed by atoms with Crippen LogP contribution in [0.4, 0.5) is 0 Å². The molecule has 2 N–H and O–H groups in total. The fraction of sp³-hybridized carbons (Fsp3) is 0.667. The minimum absolute atomic E-state index is 0.0853. The number of hydrogen-bond acceptors (Lipinski definition) is 3. The number of nitrogens with two attached hydrogens (primary N) is 1. The van der Waals surface area contributed by atoms with Crippen LogP contribution in [0.25, 0.3) is 0 Å². The molecule has 0 aromatic heterocycles. The molecule has 4 rings (SSSR count). The second kappa shape index (κ2) is 8.10. The number of amides is 2. The number of aryl methyl sites for hydroxylation is 2. The third-order valence-corrected chi connectivity index (χ3v) is 7.39. The van der Waals surface area contributed by atoms with Crippen LogP contribution in [0.15, 0.2) is 18.2 Å². The van der Waals surface area contributed by atoms with E-state index in [2.05, 4.69) is 11.0 Å². The highest BCUT2D eigenvalue weighted by Gasteiger charge is 2.44. The van der Waals surface area contributed by atoms with Gasteiger partial charge in [0, 0.05) is 24.7 Å². The van der Waals surface area contributed by atoms with Crippen LogP contribution in [0.3, 0.4) is 0 Å². The molecule has 5 nitrogen and oxygen atoms in total. The highest BCUT2D eigenvalue weighted by molar-refractivity contribution is 5.94. The average Bonchev–Trinajstić information content (AvgIpc) is 3.51. The summed E-state index contributed by atoms with van der Waals surface area (Å²) < 4.78 is 0. The molecule has 0 spiro atoms. The summed E-state index contributed by atoms with van der Waals surface area (Å²) in [6, 6.07) is 6.62. The molecule has 0 radical (unpaired) electrons. The summed E-state index contributed by atoms with van der Waals surface area (Å²) >= 11 is 0. The number of benzene rings is 1. The van der Waals surface area contributed by atoms with Gasteiger partial charge in [-0.1, -0.05) is 30.0 Å². The van der Waals surface area contributed by atoms with Crippen LogP contribution in [0.5, 0.6) is 0 Å². The Morgan fingerprint density at radius 2 is 1.55 bits per heavy atom. The van der Waals surface area contributed by atoms with Gasteiger partial charge in [0.2, 0.25) is 5.91 Å². The van der Waals surface area contributed by atoms with Crippen LogP contribution >= 0.6 is 0 Å². The van der Waals surface area contributed by atoms with Crippen molar-refractivity contribution in [3.63, 3.8) is 0 Å². The smallest absolute Gasteiger partial charge is 0.253 e. The first-order valence-electron chi connectivity index (χ1n) is 11.3. The van der Waals surface area contributed by atoms with Crippen molar-refractivity contribution >= 4 is 11.8 Å². The molecule has 1 aromatic carbocycles. The number of rotatable bonds is 5. The van der Waals surface area contributed by atoms with Crippen molar-refractivity contribution in [3.8, 4) is 0 Å². The van der Waals surface area contributed by atoms with E-state index in [4.69, 9.17) is 5.73 Å². The standard InChI is InChI=1S/C24H35N3O2/c1-17-13-18(2)15-20(14-17)22(28)27-9-5-21(6-10-27)26-11-7-24(8-12-26,23(25)29)16-19-3-4-19/h13-15,19,21H,3-12,16H2,1-2H3,(H2,25,29). The van der Waals surface area contributed by atoms with E-state index in [-0.39, 0.29) is 17.2 Å². The summed E-state index contributed by atoms with van der Waals surface area (Å²) in [5, 5.41) is 0. The predicted octanol–water partition coefficient (Wildman–Crippen LogP) is 3.28. The Morgan fingerprint density at radius 1 is 0.966 bits per heavy atom. The zero-order chi connectivity index (χ0) is 20.6. The SMILES string of the molecule is Cc1cc(C)cc(C(=O)N2CCC(N3CCC(CC4CC4)(C(N)=O)CC3)CC2)c1. The van der Waals surface area contributed by atoms with Crippen molar-refractivity contribution < 1.29 is 9.59 Å². The molecule has 2 saturated heterocycles. The molecule has 2 aliphatic heterocycles. The first kappa shape index (κ1) is 20.4. The fourth-order valence-corrected chi connectivity index (χ4v) is 5.46. The summed E-state index contributed by atoms with van der Waals surface area (Å²) in [4.78, 5) is 29.7. The van der Waals surface area contributed by atoms with Crippen LogP contribution < -0.4 is 5.73 Å². The van der Waals surface area contributed by atoms with Gasteiger partial charge >= 0.3 is 0 Å². The van der Waals surface area contributed by atoms with Crippen LogP contribution in [0.1, 0.15) is 66.4 Å². The molecular weight excluding hydrogens is 362 g/mol. The zero-order valence-corrected chi connectivity index (χ0v) is 18.0. The van der Waals surface area contributed by atoms with Gasteiger partial charge < -0.3 is 15.5 Å². The molecule has 3 fully saturated rings. The van der Waals surface area contributed by atoms with Crippen LogP contribution in [0.2, 0.25) is 0 Å². The van der Waals surface area contributed by atoms with Crippen molar-refractivity contribution in [1.29, 1.82) is 0 Å². The van der Waals surface area contributed by atoms with Crippen molar-refractivity contribution in [2.24, 2.45) is 17.1 Å². The van der Waals surface area contributed by atoms with Crippen LogP contribution in [0, 0.1) is 25.2 Å². The van der Waals surface area contributed by atoms with Crippen molar-refractivity contribution in [1.82, 2.24) is 9.80 Å². The molecule has 3 aliphatic rings. The van der Waals surface area contributed by atoms with Crippen LogP contribution in [-0.4, -0.2) is 53.8 Å². The Kier molecular flexibility index (Phi) is 5.69. The lowest BCUT2D eigenvalue weighted by atomic mass is 9.73. The minimum Gasteiger partial charge on any atom is -0.369 e. The molecule has 5 heteroatoms. The molecule has 0 bridgehead atoms. The van der Waals surface area contributed by atoms with Crippen LogP contribution in [-0.2, 0) is 4.79 Å². The highest BCUT2D eigenvalue weighted by Crippen LogP contribution is 2.46. The number of nitrogens with zero attached hydrogens (tertiary/aromatic N) is 2. The summed E-state index contributed by atoms with van der Waals surface area (Å²) in [7, 11) is 0. The minimum atomic E-state index is -0.267. The van der Waals surface area contributed by atoms with Gasteiger partial charge in [-0.2, -0.15) is 0 Å². The Hall–Kier alpha value is -1.88. The first-order chi connectivity index (χ1) is 13.9. The van der Waals surface area contributed by atoms with E-state index >= 15 is 0 Å². The molecule has 1 saturated carbocycles. The largest absolute Gasteiger partial charge is 0.369 e. The lowest BCUT2D eigenvalue weighted by Crippen LogP contribution is -2.53. The van der Waals surface area contributed by atoms with Gasteiger partial charge in [-0.05, 0) is 77.1 Å². The Labute approximate surface area is 174 Å². The Balaban J connectivity index is 1.31. The van der Waals surface area contributed by atoms with Crippen molar-refractivity contribution in [2.75, 3.05) is 26.2 Å². The topological polar surface area (TPSA) is 66.6 Å². The highest BCUT2D eigenvalue weighted by atomic mass is 16.2. The average molecular weight is 398 g/mol. The second-order valence-electron chi connectivity index (χ2n) is 9.73. The van der Waals surface area contributed by atoms with E-state index in [1.165, 1.54) is 12.8 Å². The molecule has 0 atom stereocenters. The molecule has 1 aliphatic carbocycles. The van der Waals surface area contributed by atoms with Gasteiger partial charge in [0.15, 0.2) is 0 Å². The first-order valence-corrected chi connectivity index (χ1v) is 11.3. The van der Waals surface area contributed by atoms with Gasteiger partial charge in [0.1, 0.15) is 0 Å². The predicted molar refractivity (Wildman–Crippen MR) is 115 cm³/mol. The van der Waals surface area contributed by atoms with E-state index in [0.717, 1.165) is 80.9 Å². The number of piperidine rings is 2. The lowest BCUT2D eigenvalue weighted by molar-refractivity contribution is -0.132. The number of likely N-dealkylation sites (tertiary alicyclic amines) is 2. The molecule has 0 unspecified atom stereocenters.